The average Bonchev–Trinajstić information content (AvgIpc) is 3.04. The molecule has 3 rings (SSSR count). The molecule has 1 saturated heterocycles. The van der Waals surface area contributed by atoms with Gasteiger partial charge in [-0.3, -0.25) is 4.90 Å². The monoisotopic (exact) mass is 299 g/mol. The predicted octanol–water partition coefficient (Wildman–Crippen LogP) is 2.09. The maximum Gasteiger partial charge on any atom is 0.0971 e. The summed E-state index contributed by atoms with van der Waals surface area (Å²) in [6.45, 7) is 7.63. The summed E-state index contributed by atoms with van der Waals surface area (Å²) in [7, 11) is 0. The van der Waals surface area contributed by atoms with Crippen LogP contribution in [0.2, 0.25) is 0 Å². The minimum Gasteiger partial charge on any atom is -0.317 e. The van der Waals surface area contributed by atoms with Crippen LogP contribution in [-0.4, -0.2) is 46.1 Å². The van der Waals surface area contributed by atoms with Gasteiger partial charge in [-0.05, 0) is 57.1 Å². The minimum atomic E-state index is 0.830. The molecule has 1 aromatic carbocycles. The summed E-state index contributed by atoms with van der Waals surface area (Å²) in [6, 6.07) is 10.1. The van der Waals surface area contributed by atoms with Gasteiger partial charge in [-0.1, -0.05) is 25.1 Å². The Morgan fingerprint density at radius 1 is 1.18 bits per heavy atom. The first kappa shape index (κ1) is 15.2. The van der Waals surface area contributed by atoms with Gasteiger partial charge in [-0.25, -0.2) is 0 Å². The molecule has 0 radical (unpaired) electrons. The third kappa shape index (κ3) is 3.93. The maximum atomic E-state index is 4.59. The highest BCUT2D eigenvalue weighted by Crippen LogP contribution is 2.18. The van der Waals surface area contributed by atoms with E-state index < -0.39 is 0 Å². The van der Waals surface area contributed by atoms with Gasteiger partial charge in [-0.2, -0.15) is 15.0 Å². The van der Waals surface area contributed by atoms with E-state index in [-0.39, 0.29) is 0 Å². The van der Waals surface area contributed by atoms with Crippen LogP contribution in [0.3, 0.4) is 0 Å². The Morgan fingerprint density at radius 2 is 1.95 bits per heavy atom. The first-order chi connectivity index (χ1) is 10.8. The van der Waals surface area contributed by atoms with Gasteiger partial charge in [0.05, 0.1) is 17.6 Å². The zero-order chi connectivity index (χ0) is 15.2. The Morgan fingerprint density at radius 3 is 2.68 bits per heavy atom. The topological polar surface area (TPSA) is 46.0 Å². The summed E-state index contributed by atoms with van der Waals surface area (Å²) in [6.07, 6.45) is 4.44. The lowest BCUT2D eigenvalue weighted by Gasteiger charge is -2.31. The van der Waals surface area contributed by atoms with E-state index in [2.05, 4.69) is 27.3 Å². The molecule has 1 aromatic heterocycles. The van der Waals surface area contributed by atoms with Crippen LogP contribution in [0.1, 0.15) is 25.5 Å². The molecule has 0 bridgehead atoms. The fourth-order valence-corrected chi connectivity index (χ4v) is 2.98. The Balaban J connectivity index is 1.51. The van der Waals surface area contributed by atoms with Crippen molar-refractivity contribution in [2.24, 2.45) is 5.92 Å². The normalized spacial score (nSPS) is 17.0. The van der Waals surface area contributed by atoms with Gasteiger partial charge >= 0.3 is 0 Å². The van der Waals surface area contributed by atoms with Crippen LogP contribution >= 0.6 is 0 Å². The van der Waals surface area contributed by atoms with Gasteiger partial charge in [0.2, 0.25) is 0 Å². The van der Waals surface area contributed by atoms with Gasteiger partial charge in [-0.15, -0.1) is 0 Å². The molecule has 118 valence electrons. The number of piperidine rings is 1. The second-order valence-corrected chi connectivity index (χ2v) is 5.99. The summed E-state index contributed by atoms with van der Waals surface area (Å²) in [5.74, 6) is 0.830. The standard InChI is InChI=1S/C17H25N5/c1-2-18-12-15-8-10-21(11-9-15)14-16-13-19-22(20-16)17-6-4-3-5-7-17/h3-7,13,15,18H,2,8-12,14H2,1H3. The molecule has 1 aliphatic rings. The Labute approximate surface area is 132 Å². The summed E-state index contributed by atoms with van der Waals surface area (Å²) < 4.78 is 0. The van der Waals surface area contributed by atoms with Crippen molar-refractivity contribution in [3.63, 3.8) is 0 Å². The molecule has 5 heteroatoms. The second-order valence-electron chi connectivity index (χ2n) is 5.99. The molecule has 5 nitrogen and oxygen atoms in total. The summed E-state index contributed by atoms with van der Waals surface area (Å²) >= 11 is 0. The molecule has 0 aliphatic carbocycles. The number of benzene rings is 1. The van der Waals surface area contributed by atoms with Crippen LogP contribution in [-0.2, 0) is 6.54 Å². The summed E-state index contributed by atoms with van der Waals surface area (Å²) in [5.41, 5.74) is 2.06. The molecular weight excluding hydrogens is 274 g/mol. The lowest BCUT2D eigenvalue weighted by molar-refractivity contribution is 0.174. The molecule has 1 aliphatic heterocycles. The van der Waals surface area contributed by atoms with Crippen molar-refractivity contribution < 1.29 is 0 Å². The SMILES string of the molecule is CCNCC1CCN(Cc2cnn(-c3ccccc3)n2)CC1. The van der Waals surface area contributed by atoms with Crippen molar-refractivity contribution in [2.45, 2.75) is 26.3 Å². The van der Waals surface area contributed by atoms with E-state index in [1.165, 1.54) is 12.8 Å². The number of aromatic nitrogens is 3. The molecule has 22 heavy (non-hydrogen) atoms. The van der Waals surface area contributed by atoms with E-state index in [1.807, 2.05) is 36.5 Å². The first-order valence-corrected chi connectivity index (χ1v) is 8.25. The van der Waals surface area contributed by atoms with Gasteiger partial charge in [0.1, 0.15) is 0 Å². The van der Waals surface area contributed by atoms with Crippen LogP contribution in [0, 0.1) is 5.92 Å². The van der Waals surface area contributed by atoms with Crippen LogP contribution in [0.15, 0.2) is 36.5 Å². The maximum absolute atomic E-state index is 4.59. The molecule has 0 amide bonds. The van der Waals surface area contributed by atoms with E-state index in [0.717, 1.165) is 50.0 Å². The Hall–Kier alpha value is -1.72. The van der Waals surface area contributed by atoms with E-state index in [0.29, 0.717) is 0 Å². The van der Waals surface area contributed by atoms with Crippen molar-refractivity contribution in [1.82, 2.24) is 25.2 Å². The summed E-state index contributed by atoms with van der Waals surface area (Å²) in [5, 5.41) is 12.4. The van der Waals surface area contributed by atoms with Crippen molar-refractivity contribution in [1.29, 1.82) is 0 Å². The highest BCUT2D eigenvalue weighted by molar-refractivity contribution is 5.28. The van der Waals surface area contributed by atoms with Crippen LogP contribution < -0.4 is 5.32 Å². The van der Waals surface area contributed by atoms with E-state index in [9.17, 15) is 0 Å². The molecule has 0 spiro atoms. The van der Waals surface area contributed by atoms with Gasteiger partial charge in [0.25, 0.3) is 0 Å². The predicted molar refractivity (Wildman–Crippen MR) is 87.9 cm³/mol. The van der Waals surface area contributed by atoms with Crippen LogP contribution in [0.4, 0.5) is 0 Å². The Bertz CT molecular complexity index is 557. The third-order valence-electron chi connectivity index (χ3n) is 4.30. The quantitative estimate of drug-likeness (QED) is 0.887. The lowest BCUT2D eigenvalue weighted by atomic mass is 9.97. The number of rotatable bonds is 6. The molecule has 2 heterocycles. The Kier molecular flexibility index (Phi) is 5.19. The molecular formula is C17H25N5. The molecule has 1 N–H and O–H groups in total. The summed E-state index contributed by atoms with van der Waals surface area (Å²) in [4.78, 5) is 4.20. The largest absolute Gasteiger partial charge is 0.317 e. The van der Waals surface area contributed by atoms with Gasteiger partial charge in [0, 0.05) is 6.54 Å². The lowest BCUT2D eigenvalue weighted by Crippen LogP contribution is -2.36. The van der Waals surface area contributed by atoms with Gasteiger partial charge in [0.15, 0.2) is 0 Å². The zero-order valence-corrected chi connectivity index (χ0v) is 13.3. The van der Waals surface area contributed by atoms with E-state index in [4.69, 9.17) is 0 Å². The smallest absolute Gasteiger partial charge is 0.0971 e. The average molecular weight is 299 g/mol. The number of hydrogen-bond acceptors (Lipinski definition) is 4. The fourth-order valence-electron chi connectivity index (χ4n) is 2.98. The first-order valence-electron chi connectivity index (χ1n) is 8.25. The molecule has 2 aromatic rings. The number of para-hydroxylation sites is 1. The number of hydrogen-bond donors (Lipinski definition) is 1. The highest BCUT2D eigenvalue weighted by Gasteiger charge is 2.19. The van der Waals surface area contributed by atoms with Crippen molar-refractivity contribution >= 4 is 0 Å². The number of likely N-dealkylation sites (tertiary alicyclic amines) is 1. The molecule has 1 fully saturated rings. The number of nitrogens with one attached hydrogen (secondary N) is 1. The number of nitrogens with zero attached hydrogens (tertiary/aromatic N) is 4. The van der Waals surface area contributed by atoms with Crippen LogP contribution in [0.5, 0.6) is 0 Å². The van der Waals surface area contributed by atoms with Crippen LogP contribution in [0.25, 0.3) is 5.69 Å². The minimum absolute atomic E-state index is 0.830. The second kappa shape index (κ2) is 7.51. The fraction of sp³-hybridized carbons (Fsp3) is 0.529. The van der Waals surface area contributed by atoms with Crippen molar-refractivity contribution in [3.05, 3.63) is 42.2 Å². The van der Waals surface area contributed by atoms with Gasteiger partial charge < -0.3 is 5.32 Å². The molecule has 0 unspecified atom stereocenters. The molecule has 0 atom stereocenters. The van der Waals surface area contributed by atoms with Crippen molar-refractivity contribution in [2.75, 3.05) is 26.2 Å². The van der Waals surface area contributed by atoms with E-state index in [1.54, 1.807) is 4.80 Å². The zero-order valence-electron chi connectivity index (χ0n) is 13.3. The molecule has 0 saturated carbocycles. The third-order valence-corrected chi connectivity index (χ3v) is 4.30. The van der Waals surface area contributed by atoms with Crippen molar-refractivity contribution in [3.8, 4) is 5.69 Å². The van der Waals surface area contributed by atoms with E-state index >= 15 is 0 Å². The highest BCUT2D eigenvalue weighted by atomic mass is 15.5.